The zero-order valence-corrected chi connectivity index (χ0v) is 15.2. The van der Waals surface area contributed by atoms with Crippen molar-refractivity contribution in [2.75, 3.05) is 26.2 Å². The maximum Gasteiger partial charge on any atom is 0.240 e. The van der Waals surface area contributed by atoms with Gasteiger partial charge in [-0.2, -0.15) is 0 Å². The Kier molecular flexibility index (Phi) is 6.77. The molecule has 1 aromatic carbocycles. The highest BCUT2D eigenvalue weighted by molar-refractivity contribution is 7.89. The summed E-state index contributed by atoms with van der Waals surface area (Å²) in [6, 6.07) is 6.42. The largest absolute Gasteiger partial charge is 0.351 e. The van der Waals surface area contributed by atoms with Crippen LogP contribution in [0, 0.1) is 6.92 Å². The Bertz CT molecular complexity index is 638. The molecule has 0 unspecified atom stereocenters. The summed E-state index contributed by atoms with van der Waals surface area (Å²) < 4.78 is 27.0. The third-order valence-corrected chi connectivity index (χ3v) is 5.57. The van der Waals surface area contributed by atoms with E-state index >= 15 is 0 Å². The van der Waals surface area contributed by atoms with Crippen LogP contribution in [-0.4, -0.2) is 51.4 Å². The SMILES string of the molecule is Cc1ccc(S(=O)(=O)NC[C@@H](C)NC(=O)CN2CCCCC2)cc1. The topological polar surface area (TPSA) is 78.5 Å². The fourth-order valence-corrected chi connectivity index (χ4v) is 3.86. The van der Waals surface area contributed by atoms with E-state index in [2.05, 4.69) is 14.9 Å². The molecule has 1 aliphatic rings. The lowest BCUT2D eigenvalue weighted by Crippen LogP contribution is -2.46. The molecular weight excluding hydrogens is 326 g/mol. The van der Waals surface area contributed by atoms with Gasteiger partial charge in [0.1, 0.15) is 0 Å². The van der Waals surface area contributed by atoms with Gasteiger partial charge in [-0.25, -0.2) is 13.1 Å². The molecule has 0 bridgehead atoms. The third-order valence-electron chi connectivity index (χ3n) is 4.13. The first kappa shape index (κ1) is 18.9. The van der Waals surface area contributed by atoms with Gasteiger partial charge in [0.25, 0.3) is 0 Å². The molecule has 0 aliphatic carbocycles. The molecule has 1 aromatic rings. The summed E-state index contributed by atoms with van der Waals surface area (Å²) >= 11 is 0. The molecule has 0 radical (unpaired) electrons. The highest BCUT2D eigenvalue weighted by atomic mass is 32.2. The van der Waals surface area contributed by atoms with Crippen LogP contribution < -0.4 is 10.0 Å². The number of nitrogens with zero attached hydrogens (tertiary/aromatic N) is 1. The fraction of sp³-hybridized carbons (Fsp3) is 0.588. The van der Waals surface area contributed by atoms with Crippen molar-refractivity contribution >= 4 is 15.9 Å². The Morgan fingerprint density at radius 1 is 1.17 bits per heavy atom. The number of likely N-dealkylation sites (tertiary alicyclic amines) is 1. The first-order valence-corrected chi connectivity index (χ1v) is 9.93. The summed E-state index contributed by atoms with van der Waals surface area (Å²) in [7, 11) is -3.55. The minimum Gasteiger partial charge on any atom is -0.351 e. The number of carbonyl (C=O) groups excluding carboxylic acids is 1. The van der Waals surface area contributed by atoms with Crippen LogP contribution in [0.2, 0.25) is 0 Å². The quantitative estimate of drug-likeness (QED) is 0.774. The molecule has 24 heavy (non-hydrogen) atoms. The number of aryl methyl sites for hydroxylation is 1. The number of nitrogens with one attached hydrogen (secondary N) is 2. The molecule has 0 saturated carbocycles. The molecular formula is C17H27N3O3S. The van der Waals surface area contributed by atoms with Gasteiger partial charge >= 0.3 is 0 Å². The average Bonchev–Trinajstić information content (AvgIpc) is 2.54. The van der Waals surface area contributed by atoms with E-state index in [4.69, 9.17) is 0 Å². The Balaban J connectivity index is 1.78. The second-order valence-corrected chi connectivity index (χ2v) is 8.24. The molecule has 1 aliphatic heterocycles. The van der Waals surface area contributed by atoms with Crippen LogP contribution in [0.4, 0.5) is 0 Å². The molecule has 0 spiro atoms. The Labute approximate surface area is 144 Å². The first-order chi connectivity index (χ1) is 11.4. The standard InChI is InChI=1S/C17H27N3O3S/c1-14-6-8-16(9-7-14)24(22,23)18-12-15(2)19-17(21)13-20-10-4-3-5-11-20/h6-9,15,18H,3-5,10-13H2,1-2H3,(H,19,21)/t15-/m1/s1. The van der Waals surface area contributed by atoms with E-state index in [1.165, 1.54) is 6.42 Å². The smallest absolute Gasteiger partial charge is 0.240 e. The monoisotopic (exact) mass is 353 g/mol. The molecule has 1 amide bonds. The molecule has 0 aromatic heterocycles. The maximum atomic E-state index is 12.2. The van der Waals surface area contributed by atoms with E-state index in [0.717, 1.165) is 31.5 Å². The van der Waals surface area contributed by atoms with Crippen molar-refractivity contribution < 1.29 is 13.2 Å². The molecule has 2 N–H and O–H groups in total. The van der Waals surface area contributed by atoms with Crippen molar-refractivity contribution in [2.45, 2.75) is 44.0 Å². The van der Waals surface area contributed by atoms with Crippen LogP contribution in [0.15, 0.2) is 29.2 Å². The summed E-state index contributed by atoms with van der Waals surface area (Å²) in [5.41, 5.74) is 1.01. The number of hydrogen-bond acceptors (Lipinski definition) is 4. The minimum absolute atomic E-state index is 0.0565. The number of piperidine rings is 1. The molecule has 1 atom stereocenters. The molecule has 6 nitrogen and oxygen atoms in total. The van der Waals surface area contributed by atoms with Crippen LogP contribution in [0.3, 0.4) is 0 Å². The van der Waals surface area contributed by atoms with E-state index in [1.807, 2.05) is 6.92 Å². The lowest BCUT2D eigenvalue weighted by atomic mass is 10.1. The average molecular weight is 353 g/mol. The molecule has 7 heteroatoms. The number of hydrogen-bond donors (Lipinski definition) is 2. The van der Waals surface area contributed by atoms with Gasteiger partial charge in [-0.3, -0.25) is 9.69 Å². The molecule has 1 saturated heterocycles. The molecule has 2 rings (SSSR count). The van der Waals surface area contributed by atoms with Gasteiger partial charge in [-0.1, -0.05) is 24.1 Å². The van der Waals surface area contributed by atoms with Crippen molar-refractivity contribution in [1.82, 2.24) is 14.9 Å². The van der Waals surface area contributed by atoms with Gasteiger partial charge in [0, 0.05) is 12.6 Å². The van der Waals surface area contributed by atoms with Crippen LogP contribution in [0.25, 0.3) is 0 Å². The first-order valence-electron chi connectivity index (χ1n) is 8.45. The highest BCUT2D eigenvalue weighted by Crippen LogP contribution is 2.10. The van der Waals surface area contributed by atoms with Crippen LogP contribution in [0.1, 0.15) is 31.7 Å². The molecule has 1 fully saturated rings. The number of amides is 1. The van der Waals surface area contributed by atoms with Crippen LogP contribution in [0.5, 0.6) is 0 Å². The van der Waals surface area contributed by atoms with E-state index in [9.17, 15) is 13.2 Å². The van der Waals surface area contributed by atoms with Gasteiger partial charge in [0.15, 0.2) is 0 Å². The Morgan fingerprint density at radius 2 is 1.79 bits per heavy atom. The fourth-order valence-electron chi connectivity index (χ4n) is 2.73. The highest BCUT2D eigenvalue weighted by Gasteiger charge is 2.18. The zero-order valence-electron chi connectivity index (χ0n) is 14.4. The van der Waals surface area contributed by atoms with Crippen LogP contribution >= 0.6 is 0 Å². The maximum absolute atomic E-state index is 12.2. The van der Waals surface area contributed by atoms with Crippen molar-refractivity contribution in [3.05, 3.63) is 29.8 Å². The van der Waals surface area contributed by atoms with Crippen molar-refractivity contribution in [3.63, 3.8) is 0 Å². The van der Waals surface area contributed by atoms with Crippen molar-refractivity contribution in [1.29, 1.82) is 0 Å². The normalized spacial score (nSPS) is 17.4. The lowest BCUT2D eigenvalue weighted by molar-refractivity contribution is -0.123. The van der Waals surface area contributed by atoms with Crippen LogP contribution in [-0.2, 0) is 14.8 Å². The number of benzene rings is 1. The number of rotatable bonds is 7. The third kappa shape index (κ3) is 5.89. The Morgan fingerprint density at radius 3 is 2.42 bits per heavy atom. The van der Waals surface area contributed by atoms with E-state index < -0.39 is 10.0 Å². The van der Waals surface area contributed by atoms with E-state index in [-0.39, 0.29) is 23.4 Å². The summed E-state index contributed by atoms with van der Waals surface area (Å²) in [6.07, 6.45) is 3.51. The summed E-state index contributed by atoms with van der Waals surface area (Å²) in [5.74, 6) is -0.0565. The summed E-state index contributed by atoms with van der Waals surface area (Å²) in [5, 5.41) is 2.85. The summed E-state index contributed by atoms with van der Waals surface area (Å²) in [4.78, 5) is 14.4. The lowest BCUT2D eigenvalue weighted by Gasteiger charge is -2.26. The minimum atomic E-state index is -3.55. The van der Waals surface area contributed by atoms with Gasteiger partial charge in [-0.15, -0.1) is 0 Å². The van der Waals surface area contributed by atoms with E-state index in [0.29, 0.717) is 6.54 Å². The molecule has 134 valence electrons. The van der Waals surface area contributed by atoms with Gasteiger partial charge in [-0.05, 0) is 51.9 Å². The van der Waals surface area contributed by atoms with Gasteiger partial charge < -0.3 is 5.32 Å². The molecule has 1 heterocycles. The van der Waals surface area contributed by atoms with E-state index in [1.54, 1.807) is 31.2 Å². The van der Waals surface area contributed by atoms with Gasteiger partial charge in [0.2, 0.25) is 15.9 Å². The number of sulfonamides is 1. The Hall–Kier alpha value is -1.44. The second kappa shape index (κ2) is 8.60. The van der Waals surface area contributed by atoms with Crippen molar-refractivity contribution in [2.24, 2.45) is 0 Å². The predicted molar refractivity (Wildman–Crippen MR) is 94.3 cm³/mol. The van der Waals surface area contributed by atoms with Crippen molar-refractivity contribution in [3.8, 4) is 0 Å². The van der Waals surface area contributed by atoms with Gasteiger partial charge in [0.05, 0.1) is 11.4 Å². The predicted octanol–water partition coefficient (Wildman–Crippen LogP) is 1.26. The zero-order chi connectivity index (χ0) is 17.6. The summed E-state index contributed by atoms with van der Waals surface area (Å²) in [6.45, 7) is 6.18. The second-order valence-electron chi connectivity index (χ2n) is 6.47. The number of carbonyl (C=O) groups is 1.